The van der Waals surface area contributed by atoms with Crippen molar-refractivity contribution in [3.05, 3.63) is 54.0 Å². The van der Waals surface area contributed by atoms with Crippen molar-refractivity contribution < 1.29 is 10.0 Å². The molecule has 0 aromatic carbocycles. The largest absolute Gasteiger partial charge is 0.548 e. The van der Waals surface area contributed by atoms with E-state index in [1.807, 2.05) is 0 Å². The van der Waals surface area contributed by atoms with Gasteiger partial charge in [-0.1, -0.05) is 12.1 Å². The van der Waals surface area contributed by atoms with Gasteiger partial charge in [-0.05, 0) is 12.1 Å². The fourth-order valence-electron chi connectivity index (χ4n) is 1.10. The van der Waals surface area contributed by atoms with Gasteiger partial charge in [-0.25, -0.2) is 4.98 Å². The molecule has 0 saturated carbocycles. The maximum atomic E-state index is 11.6. The summed E-state index contributed by atoms with van der Waals surface area (Å²) >= 11 is 0. The molecule has 1 N–H and O–H groups in total. The molecular weight excluding hydrogens is 210 g/mol. The second-order valence-electron chi connectivity index (χ2n) is 2.97. The zero-order valence-electron chi connectivity index (χ0n) is 8.22. The van der Waals surface area contributed by atoms with E-state index in [1.165, 1.54) is 24.5 Å². The maximum Gasteiger partial charge on any atom is 0.305 e. The first-order chi connectivity index (χ1) is 7.68. The summed E-state index contributed by atoms with van der Waals surface area (Å²) < 4.78 is 0. The summed E-state index contributed by atoms with van der Waals surface area (Å²) in [6.07, 6.45) is 2.84. The lowest BCUT2D eigenvalue weighted by atomic mass is 10.5. The van der Waals surface area contributed by atoms with Crippen LogP contribution in [0.4, 0.5) is 5.82 Å². The molecule has 2 aromatic rings. The molecule has 6 heteroatoms. The van der Waals surface area contributed by atoms with Crippen molar-refractivity contribution in [3.8, 4) is 5.88 Å². The lowest BCUT2D eigenvalue weighted by Crippen LogP contribution is -2.43. The first-order valence-electron chi connectivity index (χ1n) is 4.53. The zero-order valence-corrected chi connectivity index (χ0v) is 8.22. The Kier molecular flexibility index (Phi) is 2.78. The molecule has 2 heterocycles. The van der Waals surface area contributed by atoms with Crippen molar-refractivity contribution in [2.24, 2.45) is 0 Å². The van der Waals surface area contributed by atoms with Crippen molar-refractivity contribution >= 4 is 5.82 Å². The van der Waals surface area contributed by atoms with Crippen molar-refractivity contribution in [2.45, 2.75) is 0 Å². The van der Waals surface area contributed by atoms with Gasteiger partial charge in [0.25, 0.3) is 5.88 Å². The molecule has 0 amide bonds. The standard InChI is InChI=1S/C10H9N3O3/c14-13(15,9-5-1-3-7-11-9)16-10-6-2-4-8-12-10/h1-8,14H. The fraction of sp³-hybridized carbons (Fsp3) is 0. The Morgan fingerprint density at radius 3 is 2.31 bits per heavy atom. The van der Waals surface area contributed by atoms with E-state index in [4.69, 9.17) is 4.84 Å². The van der Waals surface area contributed by atoms with Gasteiger partial charge in [-0.3, -0.25) is 4.84 Å². The van der Waals surface area contributed by atoms with Crippen LogP contribution in [0, 0.1) is 5.21 Å². The van der Waals surface area contributed by atoms with E-state index < -0.39 is 4.97 Å². The normalized spacial score (nSPS) is 14.1. The van der Waals surface area contributed by atoms with E-state index in [0.29, 0.717) is 0 Å². The van der Waals surface area contributed by atoms with Crippen LogP contribution >= 0.6 is 0 Å². The SMILES string of the molecule is [O-][N+](O)(Oc1ccccn1)c1ccccn1. The highest BCUT2D eigenvalue weighted by atomic mass is 17.1. The Morgan fingerprint density at radius 1 is 1.06 bits per heavy atom. The number of quaternary nitrogens is 1. The molecule has 0 bridgehead atoms. The number of pyridine rings is 2. The molecule has 0 aliphatic carbocycles. The number of rotatable bonds is 3. The summed E-state index contributed by atoms with van der Waals surface area (Å²) in [7, 11) is 0. The molecule has 6 nitrogen and oxygen atoms in total. The van der Waals surface area contributed by atoms with E-state index >= 15 is 0 Å². The minimum atomic E-state index is -2.04. The lowest BCUT2D eigenvalue weighted by Gasteiger charge is -2.27. The van der Waals surface area contributed by atoms with Crippen molar-refractivity contribution in [1.82, 2.24) is 14.9 Å². The monoisotopic (exact) mass is 219 g/mol. The zero-order chi connectivity index (χ0) is 11.4. The molecule has 2 rings (SSSR count). The highest BCUT2D eigenvalue weighted by Crippen LogP contribution is 2.18. The summed E-state index contributed by atoms with van der Waals surface area (Å²) in [6, 6.07) is 9.33. The first kappa shape index (κ1) is 10.5. The smallest absolute Gasteiger partial charge is 0.305 e. The molecular formula is C10H9N3O3. The third kappa shape index (κ3) is 2.31. The molecule has 0 aliphatic rings. The van der Waals surface area contributed by atoms with Crippen LogP contribution in [0.1, 0.15) is 0 Å². The van der Waals surface area contributed by atoms with Gasteiger partial charge in [0.05, 0.1) is 0 Å². The molecule has 1 unspecified atom stereocenters. The van der Waals surface area contributed by atoms with Crippen molar-refractivity contribution in [1.29, 1.82) is 0 Å². The quantitative estimate of drug-likeness (QED) is 0.627. The minimum absolute atomic E-state index is 0.0191. The number of hydrogen-bond acceptors (Lipinski definition) is 5. The van der Waals surface area contributed by atoms with E-state index in [-0.39, 0.29) is 11.7 Å². The summed E-state index contributed by atoms with van der Waals surface area (Å²) in [5.41, 5.74) is 0. The highest BCUT2D eigenvalue weighted by Gasteiger charge is 2.23. The maximum absolute atomic E-state index is 11.6. The first-order valence-corrected chi connectivity index (χ1v) is 4.53. The van der Waals surface area contributed by atoms with Gasteiger partial charge in [0.2, 0.25) is 0 Å². The number of nitrogens with zero attached hydrogens (tertiary/aromatic N) is 3. The lowest BCUT2D eigenvalue weighted by molar-refractivity contribution is -0.232. The molecule has 2 aromatic heterocycles. The summed E-state index contributed by atoms with van der Waals surface area (Å²) in [4.78, 5) is 10.2. The molecule has 1 atom stereocenters. The van der Waals surface area contributed by atoms with Gasteiger partial charge in [0, 0.05) is 29.5 Å². The van der Waals surface area contributed by atoms with E-state index in [1.54, 1.807) is 24.3 Å². The van der Waals surface area contributed by atoms with Crippen molar-refractivity contribution in [3.63, 3.8) is 0 Å². The topological polar surface area (TPSA) is 78.3 Å². The number of aromatic nitrogens is 2. The van der Waals surface area contributed by atoms with Crippen LogP contribution in [0.5, 0.6) is 5.88 Å². The molecule has 0 saturated heterocycles. The van der Waals surface area contributed by atoms with Crippen LogP contribution in [0.2, 0.25) is 0 Å². The van der Waals surface area contributed by atoms with Crippen LogP contribution in [-0.4, -0.2) is 15.2 Å². The minimum Gasteiger partial charge on any atom is -0.548 e. The van der Waals surface area contributed by atoms with Crippen LogP contribution in [0.15, 0.2) is 48.8 Å². The molecule has 16 heavy (non-hydrogen) atoms. The van der Waals surface area contributed by atoms with Gasteiger partial charge in [-0.15, -0.1) is 0 Å². The molecule has 0 aliphatic heterocycles. The Bertz CT molecular complexity index is 447. The van der Waals surface area contributed by atoms with Gasteiger partial charge >= 0.3 is 5.82 Å². The predicted molar refractivity (Wildman–Crippen MR) is 56.0 cm³/mol. The predicted octanol–water partition coefficient (Wildman–Crippen LogP) is 1.66. The van der Waals surface area contributed by atoms with Crippen LogP contribution in [-0.2, 0) is 0 Å². The van der Waals surface area contributed by atoms with Gasteiger partial charge in [0.1, 0.15) is 0 Å². The molecule has 0 fully saturated rings. The van der Waals surface area contributed by atoms with Crippen LogP contribution in [0.25, 0.3) is 0 Å². The summed E-state index contributed by atoms with van der Waals surface area (Å²) in [6.45, 7) is 0. The van der Waals surface area contributed by atoms with E-state index in [9.17, 15) is 10.4 Å². The van der Waals surface area contributed by atoms with Gasteiger partial charge < -0.3 is 5.21 Å². The summed E-state index contributed by atoms with van der Waals surface area (Å²) in [5.74, 6) is -0.154. The molecule has 82 valence electrons. The van der Waals surface area contributed by atoms with Crippen molar-refractivity contribution in [2.75, 3.05) is 0 Å². The Balaban J connectivity index is 2.21. The van der Waals surface area contributed by atoms with Gasteiger partial charge in [0.15, 0.2) is 0 Å². The third-order valence-electron chi connectivity index (χ3n) is 1.79. The fourth-order valence-corrected chi connectivity index (χ4v) is 1.10. The van der Waals surface area contributed by atoms with E-state index in [2.05, 4.69) is 9.97 Å². The van der Waals surface area contributed by atoms with Gasteiger partial charge in [-0.2, -0.15) is 10.2 Å². The second kappa shape index (κ2) is 4.23. The third-order valence-corrected chi connectivity index (χ3v) is 1.79. The average Bonchev–Trinajstić information content (AvgIpc) is 2.31. The average molecular weight is 219 g/mol. The molecule has 0 spiro atoms. The number of hydrogen-bond donors (Lipinski definition) is 1. The Morgan fingerprint density at radius 2 is 1.75 bits per heavy atom. The van der Waals surface area contributed by atoms with E-state index in [0.717, 1.165) is 0 Å². The second-order valence-corrected chi connectivity index (χ2v) is 2.97. The summed E-state index contributed by atoms with van der Waals surface area (Å²) in [5, 5.41) is 21.1. The Labute approximate surface area is 91.5 Å². The Hall–Kier alpha value is -2.02. The highest BCUT2D eigenvalue weighted by molar-refractivity contribution is 5.29. The molecule has 0 radical (unpaired) electrons. The van der Waals surface area contributed by atoms with Crippen LogP contribution < -0.4 is 9.81 Å². The van der Waals surface area contributed by atoms with Crippen LogP contribution in [0.3, 0.4) is 0 Å².